The van der Waals surface area contributed by atoms with Crippen molar-refractivity contribution in [1.29, 1.82) is 0 Å². The zero-order chi connectivity index (χ0) is 22.2. The Labute approximate surface area is 193 Å². The van der Waals surface area contributed by atoms with Gasteiger partial charge in [-0.25, -0.2) is 9.97 Å². The lowest BCUT2D eigenvalue weighted by atomic mass is 9.94. The van der Waals surface area contributed by atoms with Crippen molar-refractivity contribution in [2.45, 2.75) is 6.92 Å². The van der Waals surface area contributed by atoms with Crippen LogP contribution in [0.2, 0.25) is 0 Å². The Morgan fingerprint density at radius 3 is 1.45 bits per heavy atom. The molecule has 0 atom stereocenters. The number of benzene rings is 5. The Morgan fingerprint density at radius 2 is 0.909 bits per heavy atom. The Morgan fingerprint density at radius 1 is 0.455 bits per heavy atom. The van der Waals surface area contributed by atoms with Crippen molar-refractivity contribution in [3.63, 3.8) is 0 Å². The van der Waals surface area contributed by atoms with Crippen molar-refractivity contribution in [2.24, 2.45) is 0 Å². The lowest BCUT2D eigenvalue weighted by Gasteiger charge is -2.16. The van der Waals surface area contributed by atoms with Crippen molar-refractivity contribution in [2.75, 3.05) is 0 Å². The third-order valence-electron chi connectivity index (χ3n) is 6.27. The second-order valence-electron chi connectivity index (χ2n) is 8.29. The highest BCUT2D eigenvalue weighted by molar-refractivity contribution is 6.00. The summed E-state index contributed by atoms with van der Waals surface area (Å²) in [7, 11) is 0. The van der Waals surface area contributed by atoms with Gasteiger partial charge in [-0.2, -0.15) is 0 Å². The van der Waals surface area contributed by atoms with Gasteiger partial charge in [-0.15, -0.1) is 0 Å². The molecule has 2 heteroatoms. The van der Waals surface area contributed by atoms with E-state index < -0.39 is 0 Å². The van der Waals surface area contributed by atoms with E-state index in [0.29, 0.717) is 0 Å². The monoisotopic (exact) mass is 422 g/mol. The molecule has 5 aromatic carbocycles. The van der Waals surface area contributed by atoms with Crippen LogP contribution in [-0.4, -0.2) is 9.97 Å². The molecule has 0 amide bonds. The first-order valence-electron chi connectivity index (χ1n) is 11.2. The van der Waals surface area contributed by atoms with Gasteiger partial charge in [0.2, 0.25) is 0 Å². The number of nitrogens with zero attached hydrogens (tertiary/aromatic N) is 2. The van der Waals surface area contributed by atoms with Gasteiger partial charge in [0.15, 0.2) is 5.82 Å². The van der Waals surface area contributed by atoms with Crippen LogP contribution in [0.5, 0.6) is 0 Å². The molecule has 0 N–H and O–H groups in total. The molecule has 0 aliphatic rings. The van der Waals surface area contributed by atoms with Crippen LogP contribution in [0.25, 0.3) is 55.4 Å². The van der Waals surface area contributed by atoms with E-state index in [2.05, 4.69) is 104 Å². The van der Waals surface area contributed by atoms with Crippen LogP contribution < -0.4 is 0 Å². The molecule has 0 aliphatic carbocycles. The van der Waals surface area contributed by atoms with Gasteiger partial charge < -0.3 is 0 Å². The van der Waals surface area contributed by atoms with Crippen LogP contribution in [0.15, 0.2) is 115 Å². The fourth-order valence-electron chi connectivity index (χ4n) is 4.62. The first kappa shape index (κ1) is 19.4. The summed E-state index contributed by atoms with van der Waals surface area (Å²) in [5.41, 5.74) is 6.31. The molecule has 1 aromatic heterocycles. The van der Waals surface area contributed by atoms with Gasteiger partial charge in [-0.3, -0.25) is 0 Å². The molecule has 0 unspecified atom stereocenters. The summed E-state index contributed by atoms with van der Waals surface area (Å²) in [5, 5.41) is 4.82. The number of fused-ring (bicyclic) bond motifs is 2. The zero-order valence-electron chi connectivity index (χ0n) is 18.4. The highest BCUT2D eigenvalue weighted by atomic mass is 14.9. The molecular formula is C31H22N2. The summed E-state index contributed by atoms with van der Waals surface area (Å²) in [6.45, 7) is 2.14. The number of hydrogen-bond acceptors (Lipinski definition) is 2. The van der Waals surface area contributed by atoms with Gasteiger partial charge in [0, 0.05) is 22.3 Å². The average molecular weight is 423 g/mol. The second-order valence-corrected chi connectivity index (χ2v) is 8.29. The van der Waals surface area contributed by atoms with Crippen molar-refractivity contribution in [1.82, 2.24) is 9.97 Å². The minimum Gasteiger partial charge on any atom is -0.228 e. The maximum atomic E-state index is 5.12. The molecule has 2 nitrogen and oxygen atoms in total. The molecule has 0 radical (unpaired) electrons. The Hall–Kier alpha value is -4.30. The SMILES string of the molecule is Cc1c(-c2cccc3ccccc23)nc(-c2ccccc2)nc1-c1cccc2ccccc12. The van der Waals surface area contributed by atoms with Gasteiger partial charge in [-0.05, 0) is 28.5 Å². The highest BCUT2D eigenvalue weighted by Crippen LogP contribution is 2.37. The van der Waals surface area contributed by atoms with E-state index in [4.69, 9.17) is 9.97 Å². The quantitative estimate of drug-likeness (QED) is 0.288. The van der Waals surface area contributed by atoms with E-state index in [1.54, 1.807) is 0 Å². The highest BCUT2D eigenvalue weighted by Gasteiger charge is 2.18. The molecule has 0 spiro atoms. The average Bonchev–Trinajstić information content (AvgIpc) is 2.89. The van der Waals surface area contributed by atoms with Crippen molar-refractivity contribution in [3.8, 4) is 33.9 Å². The molecule has 6 aromatic rings. The largest absolute Gasteiger partial charge is 0.228 e. The number of aromatic nitrogens is 2. The van der Waals surface area contributed by atoms with Crippen LogP contribution in [0.4, 0.5) is 0 Å². The van der Waals surface area contributed by atoms with Gasteiger partial charge in [0.1, 0.15) is 0 Å². The van der Waals surface area contributed by atoms with E-state index in [0.717, 1.165) is 39.5 Å². The minimum absolute atomic E-state index is 0.743. The van der Waals surface area contributed by atoms with Crippen LogP contribution in [-0.2, 0) is 0 Å². The molecule has 0 aliphatic heterocycles. The van der Waals surface area contributed by atoms with Crippen molar-refractivity contribution in [3.05, 3.63) is 121 Å². The Balaban J connectivity index is 1.70. The standard InChI is InChI=1S/C31H22N2/c1-21-29(27-19-9-15-22-11-5-7-17-25(22)27)32-31(24-13-3-2-4-14-24)33-30(21)28-20-10-16-23-12-6-8-18-26(23)28/h2-20H,1H3. The molecule has 0 saturated heterocycles. The second kappa shape index (κ2) is 7.99. The van der Waals surface area contributed by atoms with Crippen LogP contribution in [0.3, 0.4) is 0 Å². The number of hydrogen-bond donors (Lipinski definition) is 0. The first-order valence-corrected chi connectivity index (χ1v) is 11.2. The molecule has 0 bridgehead atoms. The van der Waals surface area contributed by atoms with E-state index in [1.807, 2.05) is 18.2 Å². The minimum atomic E-state index is 0.743. The third-order valence-corrected chi connectivity index (χ3v) is 6.27. The maximum Gasteiger partial charge on any atom is 0.160 e. The summed E-state index contributed by atoms with van der Waals surface area (Å²) in [4.78, 5) is 10.2. The van der Waals surface area contributed by atoms with E-state index in [1.165, 1.54) is 21.5 Å². The Kier molecular flexibility index (Phi) is 4.70. The van der Waals surface area contributed by atoms with Crippen LogP contribution >= 0.6 is 0 Å². The summed E-state index contributed by atoms with van der Waals surface area (Å²) in [5.74, 6) is 0.743. The maximum absolute atomic E-state index is 5.12. The summed E-state index contributed by atoms with van der Waals surface area (Å²) >= 11 is 0. The van der Waals surface area contributed by atoms with Gasteiger partial charge in [0.05, 0.1) is 11.4 Å². The summed E-state index contributed by atoms with van der Waals surface area (Å²) in [6, 6.07) is 40.1. The molecular weight excluding hydrogens is 400 g/mol. The molecule has 1 heterocycles. The Bertz CT molecular complexity index is 1510. The molecule has 0 fully saturated rings. The summed E-state index contributed by atoms with van der Waals surface area (Å²) < 4.78 is 0. The lowest BCUT2D eigenvalue weighted by Crippen LogP contribution is -2.01. The topological polar surface area (TPSA) is 25.8 Å². The predicted octanol–water partition coefficient (Wildman–Crippen LogP) is 8.09. The fourth-order valence-corrected chi connectivity index (χ4v) is 4.62. The predicted molar refractivity (Wildman–Crippen MR) is 138 cm³/mol. The van der Waals surface area contributed by atoms with Crippen molar-refractivity contribution < 1.29 is 0 Å². The van der Waals surface area contributed by atoms with E-state index in [9.17, 15) is 0 Å². The fraction of sp³-hybridized carbons (Fsp3) is 0.0323. The smallest absolute Gasteiger partial charge is 0.160 e. The number of rotatable bonds is 3. The van der Waals surface area contributed by atoms with Gasteiger partial charge in [0.25, 0.3) is 0 Å². The first-order chi connectivity index (χ1) is 16.3. The van der Waals surface area contributed by atoms with Crippen molar-refractivity contribution >= 4 is 21.5 Å². The van der Waals surface area contributed by atoms with Crippen LogP contribution in [0.1, 0.15) is 5.56 Å². The third kappa shape index (κ3) is 3.37. The lowest BCUT2D eigenvalue weighted by molar-refractivity contribution is 1.15. The normalized spacial score (nSPS) is 11.2. The van der Waals surface area contributed by atoms with Crippen LogP contribution in [0, 0.1) is 6.92 Å². The van der Waals surface area contributed by atoms with Gasteiger partial charge >= 0.3 is 0 Å². The zero-order valence-corrected chi connectivity index (χ0v) is 18.4. The summed E-state index contributed by atoms with van der Waals surface area (Å²) in [6.07, 6.45) is 0. The molecule has 0 saturated carbocycles. The van der Waals surface area contributed by atoms with E-state index in [-0.39, 0.29) is 0 Å². The molecule has 6 rings (SSSR count). The van der Waals surface area contributed by atoms with Gasteiger partial charge in [-0.1, -0.05) is 115 Å². The molecule has 33 heavy (non-hydrogen) atoms. The van der Waals surface area contributed by atoms with E-state index >= 15 is 0 Å². The molecule has 156 valence electrons.